The molecule has 2 aromatic carbocycles. The molecule has 0 aromatic heterocycles. The van der Waals surface area contributed by atoms with E-state index in [-0.39, 0.29) is 5.91 Å². The molecule has 1 amide bonds. The zero-order chi connectivity index (χ0) is 19.8. The third kappa shape index (κ3) is 6.32. The summed E-state index contributed by atoms with van der Waals surface area (Å²) in [5, 5.41) is 3.02. The van der Waals surface area contributed by atoms with Gasteiger partial charge in [-0.15, -0.1) is 0 Å². The molecule has 0 unspecified atom stereocenters. The molecule has 2 N–H and O–H groups in total. The van der Waals surface area contributed by atoms with E-state index in [0.717, 1.165) is 45.0 Å². The molecule has 148 valence electrons. The van der Waals surface area contributed by atoms with E-state index in [2.05, 4.69) is 66.5 Å². The van der Waals surface area contributed by atoms with Gasteiger partial charge in [-0.3, -0.25) is 9.69 Å². The second-order valence-electron chi connectivity index (χ2n) is 7.71. The number of amides is 1. The van der Waals surface area contributed by atoms with Gasteiger partial charge in [0.15, 0.2) is 0 Å². The van der Waals surface area contributed by atoms with E-state index in [1.165, 1.54) is 16.7 Å². The van der Waals surface area contributed by atoms with E-state index < -0.39 is 0 Å². The molecule has 0 saturated carbocycles. The molecule has 1 aliphatic rings. The molecule has 4 nitrogen and oxygen atoms in total. The Bertz CT molecular complexity index is 793. The highest BCUT2D eigenvalue weighted by Crippen LogP contribution is 2.14. The maximum absolute atomic E-state index is 12.2. The van der Waals surface area contributed by atoms with Crippen molar-refractivity contribution in [2.75, 3.05) is 44.6 Å². The number of hydrogen-bond donors (Lipinski definition) is 2. The van der Waals surface area contributed by atoms with Crippen LogP contribution in [-0.2, 0) is 4.79 Å². The van der Waals surface area contributed by atoms with Crippen molar-refractivity contribution in [2.45, 2.75) is 20.3 Å². The third-order valence-corrected chi connectivity index (χ3v) is 5.53. The molecule has 3 rings (SSSR count). The summed E-state index contributed by atoms with van der Waals surface area (Å²) in [4.78, 5) is 16.3. The lowest BCUT2D eigenvalue weighted by atomic mass is 10.1. The predicted octanol–water partition coefficient (Wildman–Crippen LogP) is 2.55. The molecular formula is C24H32N3O+. The number of benzene rings is 2. The lowest BCUT2D eigenvalue weighted by Gasteiger charge is -2.31. The first-order valence-corrected chi connectivity index (χ1v) is 10.2. The topological polar surface area (TPSA) is 36.8 Å². The second-order valence-corrected chi connectivity index (χ2v) is 7.71. The molecule has 0 bridgehead atoms. The predicted molar refractivity (Wildman–Crippen MR) is 117 cm³/mol. The van der Waals surface area contributed by atoms with Gasteiger partial charge in [-0.2, -0.15) is 0 Å². The van der Waals surface area contributed by atoms with E-state index in [9.17, 15) is 4.79 Å². The maximum atomic E-state index is 12.2. The van der Waals surface area contributed by atoms with Gasteiger partial charge in [-0.25, -0.2) is 0 Å². The van der Waals surface area contributed by atoms with E-state index in [4.69, 9.17) is 0 Å². The van der Waals surface area contributed by atoms with Crippen molar-refractivity contribution in [3.8, 4) is 0 Å². The molecule has 2 aromatic rings. The average Bonchev–Trinajstić information content (AvgIpc) is 2.71. The Labute approximate surface area is 168 Å². The van der Waals surface area contributed by atoms with Gasteiger partial charge in [0.05, 0.1) is 19.6 Å². The summed E-state index contributed by atoms with van der Waals surface area (Å²) in [6, 6.07) is 16.5. The number of nitrogens with zero attached hydrogens (tertiary/aromatic N) is 1. The number of anilines is 1. The van der Waals surface area contributed by atoms with Crippen molar-refractivity contribution >= 4 is 17.7 Å². The van der Waals surface area contributed by atoms with Crippen LogP contribution in [0.5, 0.6) is 0 Å². The highest BCUT2D eigenvalue weighted by Gasteiger charge is 2.19. The van der Waals surface area contributed by atoms with E-state index in [1.807, 2.05) is 18.2 Å². The Morgan fingerprint density at radius 1 is 1.07 bits per heavy atom. The van der Waals surface area contributed by atoms with Crippen molar-refractivity contribution in [3.63, 3.8) is 0 Å². The lowest BCUT2D eigenvalue weighted by Crippen LogP contribution is -3.14. The van der Waals surface area contributed by atoms with Gasteiger partial charge >= 0.3 is 0 Å². The van der Waals surface area contributed by atoms with Crippen LogP contribution in [0.3, 0.4) is 0 Å². The number of rotatable bonds is 7. The Morgan fingerprint density at radius 3 is 2.54 bits per heavy atom. The maximum Gasteiger partial charge on any atom is 0.225 e. The molecule has 28 heavy (non-hydrogen) atoms. The van der Waals surface area contributed by atoms with Crippen LogP contribution in [0, 0.1) is 13.8 Å². The zero-order valence-corrected chi connectivity index (χ0v) is 17.1. The van der Waals surface area contributed by atoms with Crippen LogP contribution in [0.2, 0.25) is 0 Å². The van der Waals surface area contributed by atoms with Gasteiger partial charge in [0.25, 0.3) is 0 Å². The molecular weight excluding hydrogens is 346 g/mol. The second kappa shape index (κ2) is 10.2. The molecule has 1 aliphatic heterocycles. The summed E-state index contributed by atoms with van der Waals surface area (Å²) in [5.41, 5.74) is 4.61. The molecule has 0 atom stereocenters. The molecule has 1 saturated heterocycles. The zero-order valence-electron chi connectivity index (χ0n) is 17.1. The SMILES string of the molecule is Cc1ccc(NC(=O)CCN2CC[NH+](CC=Cc3ccccc3)CC2)cc1C. The molecule has 1 heterocycles. The van der Waals surface area contributed by atoms with Gasteiger partial charge in [0.2, 0.25) is 5.91 Å². The summed E-state index contributed by atoms with van der Waals surface area (Å²) < 4.78 is 0. The van der Waals surface area contributed by atoms with E-state index in [1.54, 1.807) is 4.90 Å². The average molecular weight is 379 g/mol. The van der Waals surface area contributed by atoms with Crippen molar-refractivity contribution < 1.29 is 9.69 Å². The minimum Gasteiger partial charge on any atom is -0.330 e. The minimum atomic E-state index is 0.101. The third-order valence-electron chi connectivity index (χ3n) is 5.53. The number of quaternary nitrogens is 1. The molecule has 0 spiro atoms. The van der Waals surface area contributed by atoms with Gasteiger partial charge in [-0.05, 0) is 48.7 Å². The molecule has 0 aliphatic carbocycles. The number of carbonyl (C=O) groups excluding carboxylic acids is 1. The van der Waals surface area contributed by atoms with Gasteiger partial charge in [0, 0.05) is 31.7 Å². The summed E-state index contributed by atoms with van der Waals surface area (Å²) in [6.07, 6.45) is 5.03. The first kappa shape index (κ1) is 20.3. The van der Waals surface area contributed by atoms with Crippen molar-refractivity contribution in [2.24, 2.45) is 0 Å². The Balaban J connectivity index is 1.34. The number of nitrogens with one attached hydrogen (secondary N) is 2. The lowest BCUT2D eigenvalue weighted by molar-refractivity contribution is -0.898. The van der Waals surface area contributed by atoms with Crippen LogP contribution in [0.15, 0.2) is 54.6 Å². The summed E-state index contributed by atoms with van der Waals surface area (Å²) >= 11 is 0. The largest absolute Gasteiger partial charge is 0.330 e. The summed E-state index contributed by atoms with van der Waals surface area (Å²) in [6.45, 7) is 10.5. The van der Waals surface area contributed by atoms with Gasteiger partial charge in [-0.1, -0.05) is 42.5 Å². The smallest absolute Gasteiger partial charge is 0.225 e. The Kier molecular flexibility index (Phi) is 7.40. The monoisotopic (exact) mass is 378 g/mol. The standard InChI is InChI=1S/C24H31N3O/c1-20-10-11-23(19-21(20)2)25-24(28)12-14-27-17-15-26(16-18-27)13-6-9-22-7-4-3-5-8-22/h3-11,19H,12-18H2,1-2H3,(H,25,28)/p+1. The Morgan fingerprint density at radius 2 is 1.82 bits per heavy atom. The van der Waals surface area contributed by atoms with Crippen LogP contribution in [0.1, 0.15) is 23.1 Å². The fourth-order valence-electron chi connectivity index (χ4n) is 3.53. The Hall–Kier alpha value is -2.43. The van der Waals surface area contributed by atoms with E-state index >= 15 is 0 Å². The van der Waals surface area contributed by atoms with Gasteiger partial charge < -0.3 is 10.2 Å². The minimum absolute atomic E-state index is 0.101. The summed E-state index contributed by atoms with van der Waals surface area (Å²) in [7, 11) is 0. The van der Waals surface area contributed by atoms with Crippen molar-refractivity contribution in [1.82, 2.24) is 4.90 Å². The number of aryl methyl sites for hydroxylation is 2. The number of hydrogen-bond acceptors (Lipinski definition) is 2. The fourth-order valence-corrected chi connectivity index (χ4v) is 3.53. The van der Waals surface area contributed by atoms with Crippen LogP contribution in [0.4, 0.5) is 5.69 Å². The van der Waals surface area contributed by atoms with Crippen LogP contribution < -0.4 is 10.2 Å². The first-order chi connectivity index (χ1) is 13.6. The van der Waals surface area contributed by atoms with Gasteiger partial charge in [0.1, 0.15) is 0 Å². The highest BCUT2D eigenvalue weighted by atomic mass is 16.1. The van der Waals surface area contributed by atoms with Crippen LogP contribution >= 0.6 is 0 Å². The van der Waals surface area contributed by atoms with Crippen LogP contribution in [-0.4, -0.2) is 50.1 Å². The van der Waals surface area contributed by atoms with Crippen molar-refractivity contribution in [3.05, 3.63) is 71.3 Å². The highest BCUT2D eigenvalue weighted by molar-refractivity contribution is 5.90. The number of piperazine rings is 1. The van der Waals surface area contributed by atoms with Crippen molar-refractivity contribution in [1.29, 1.82) is 0 Å². The normalized spacial score (nSPS) is 15.8. The number of carbonyl (C=O) groups is 1. The molecule has 1 fully saturated rings. The van der Waals surface area contributed by atoms with Crippen LogP contribution in [0.25, 0.3) is 6.08 Å². The molecule has 0 radical (unpaired) electrons. The fraction of sp³-hybridized carbons (Fsp3) is 0.375. The van der Waals surface area contributed by atoms with E-state index in [0.29, 0.717) is 6.42 Å². The first-order valence-electron chi connectivity index (χ1n) is 10.2. The summed E-state index contributed by atoms with van der Waals surface area (Å²) in [5.74, 6) is 0.101. The molecule has 4 heteroatoms. The quantitative estimate of drug-likeness (QED) is 0.777.